The highest BCUT2D eigenvalue weighted by Gasteiger charge is 2.34. The summed E-state index contributed by atoms with van der Waals surface area (Å²) in [5, 5.41) is 2.82. The van der Waals surface area contributed by atoms with Gasteiger partial charge in [0.05, 0.1) is 7.11 Å². The third-order valence-electron chi connectivity index (χ3n) is 4.86. The van der Waals surface area contributed by atoms with Crippen molar-refractivity contribution in [3.05, 3.63) is 50.8 Å². The number of carbonyl (C=O) groups is 1. The molecule has 156 valence electrons. The normalized spacial score (nSPS) is 15.8. The zero-order valence-corrected chi connectivity index (χ0v) is 16.8. The van der Waals surface area contributed by atoms with Crippen LogP contribution >= 0.6 is 0 Å². The third-order valence-corrected chi connectivity index (χ3v) is 6.91. The van der Waals surface area contributed by atoms with Gasteiger partial charge in [0.1, 0.15) is 5.75 Å². The molecule has 0 aliphatic carbocycles. The summed E-state index contributed by atoms with van der Waals surface area (Å²) in [4.78, 5) is 39.6. The number of H-pyrrole nitrogens is 2. The summed E-state index contributed by atoms with van der Waals surface area (Å²) in [5.74, 6) is 0.137. The van der Waals surface area contributed by atoms with Crippen LogP contribution < -0.4 is 21.3 Å². The zero-order chi connectivity index (χ0) is 21.2. The van der Waals surface area contributed by atoms with E-state index in [0.29, 0.717) is 24.3 Å². The fourth-order valence-corrected chi connectivity index (χ4v) is 4.98. The number of hydrogen-bond acceptors (Lipinski definition) is 6. The lowest BCUT2D eigenvalue weighted by atomic mass is 9.97. The molecule has 29 heavy (non-hydrogen) atoms. The molecule has 1 fully saturated rings. The molecule has 1 aromatic heterocycles. The third kappa shape index (κ3) is 4.40. The van der Waals surface area contributed by atoms with E-state index in [1.165, 1.54) is 11.2 Å². The molecule has 1 aromatic carbocycles. The molecule has 1 amide bonds. The molecule has 11 heteroatoms. The van der Waals surface area contributed by atoms with Gasteiger partial charge < -0.3 is 15.0 Å². The van der Waals surface area contributed by atoms with Crippen LogP contribution in [-0.4, -0.2) is 48.8 Å². The van der Waals surface area contributed by atoms with Crippen molar-refractivity contribution in [2.45, 2.75) is 24.7 Å². The van der Waals surface area contributed by atoms with Crippen molar-refractivity contribution in [1.29, 1.82) is 0 Å². The van der Waals surface area contributed by atoms with Gasteiger partial charge in [0.25, 0.3) is 5.56 Å². The highest BCUT2D eigenvalue weighted by molar-refractivity contribution is 7.89. The van der Waals surface area contributed by atoms with Crippen molar-refractivity contribution in [1.82, 2.24) is 14.3 Å². The number of hydrogen-bond donors (Lipinski definition) is 3. The zero-order valence-electron chi connectivity index (χ0n) is 16.0. The lowest BCUT2D eigenvalue weighted by Crippen LogP contribution is -2.44. The van der Waals surface area contributed by atoms with Crippen molar-refractivity contribution in [2.75, 3.05) is 25.5 Å². The van der Waals surface area contributed by atoms with Crippen LogP contribution in [0.25, 0.3) is 0 Å². The van der Waals surface area contributed by atoms with E-state index in [9.17, 15) is 22.8 Å². The summed E-state index contributed by atoms with van der Waals surface area (Å²) >= 11 is 0. The molecular formula is C18H22N4O6S. The smallest absolute Gasteiger partial charge is 0.325 e. The second-order valence-electron chi connectivity index (χ2n) is 6.76. The molecule has 0 unspecified atom stereocenters. The number of sulfonamides is 1. The Labute approximate surface area is 167 Å². The minimum absolute atomic E-state index is 0.0156. The highest BCUT2D eigenvalue weighted by Crippen LogP contribution is 2.24. The van der Waals surface area contributed by atoms with Gasteiger partial charge in [-0.3, -0.25) is 14.6 Å². The summed E-state index contributed by atoms with van der Waals surface area (Å²) in [7, 11) is -2.53. The van der Waals surface area contributed by atoms with Gasteiger partial charge in [-0.15, -0.1) is 0 Å². The van der Waals surface area contributed by atoms with Crippen LogP contribution in [-0.2, 0) is 14.8 Å². The van der Waals surface area contributed by atoms with Crippen molar-refractivity contribution in [3.63, 3.8) is 0 Å². The van der Waals surface area contributed by atoms with Crippen molar-refractivity contribution < 1.29 is 17.9 Å². The molecule has 2 aromatic rings. The maximum atomic E-state index is 12.8. The van der Waals surface area contributed by atoms with E-state index in [2.05, 4.69) is 10.3 Å². The average molecular weight is 422 g/mol. The van der Waals surface area contributed by atoms with Gasteiger partial charge >= 0.3 is 5.69 Å². The summed E-state index contributed by atoms with van der Waals surface area (Å²) in [6.45, 7) is 1.56. The maximum Gasteiger partial charge on any atom is 0.325 e. The minimum atomic E-state index is -4.08. The molecule has 1 aliphatic rings. The molecule has 2 heterocycles. The number of aromatic amines is 2. The van der Waals surface area contributed by atoms with E-state index < -0.39 is 26.2 Å². The molecule has 0 saturated carbocycles. The Kier molecular flexibility index (Phi) is 5.89. The second kappa shape index (κ2) is 8.21. The Balaban J connectivity index is 1.67. The number of benzene rings is 1. The second-order valence-corrected chi connectivity index (χ2v) is 8.63. The number of aromatic nitrogens is 2. The number of amides is 1. The predicted octanol–water partition coefficient (Wildman–Crippen LogP) is 0.420. The monoisotopic (exact) mass is 422 g/mol. The van der Waals surface area contributed by atoms with Crippen molar-refractivity contribution in [2.24, 2.45) is 5.92 Å². The molecule has 3 N–H and O–H groups in total. The van der Waals surface area contributed by atoms with E-state index in [-0.39, 0.29) is 30.6 Å². The minimum Gasteiger partial charge on any atom is -0.497 e. The lowest BCUT2D eigenvalue weighted by Gasteiger charge is -2.30. The summed E-state index contributed by atoms with van der Waals surface area (Å²) in [5.41, 5.74) is -1.11. The quantitative estimate of drug-likeness (QED) is 0.638. The number of rotatable bonds is 5. The van der Waals surface area contributed by atoms with E-state index in [1.54, 1.807) is 31.4 Å². The number of anilines is 1. The number of carbonyl (C=O) groups excluding carboxylic acids is 1. The van der Waals surface area contributed by atoms with Crippen LogP contribution in [0.15, 0.2) is 38.8 Å². The fraction of sp³-hybridized carbons (Fsp3) is 0.389. The van der Waals surface area contributed by atoms with Gasteiger partial charge in [-0.05, 0) is 44.0 Å². The van der Waals surface area contributed by atoms with E-state index in [1.807, 2.05) is 4.98 Å². The van der Waals surface area contributed by atoms with Gasteiger partial charge in [-0.1, -0.05) is 0 Å². The Morgan fingerprint density at radius 1 is 1.14 bits per heavy atom. The molecular weight excluding hydrogens is 400 g/mol. The summed E-state index contributed by atoms with van der Waals surface area (Å²) < 4.78 is 31.9. The topological polar surface area (TPSA) is 141 Å². The maximum absolute atomic E-state index is 12.8. The van der Waals surface area contributed by atoms with Gasteiger partial charge in [0.15, 0.2) is 4.90 Å². The van der Waals surface area contributed by atoms with Crippen LogP contribution in [0.2, 0.25) is 0 Å². The number of piperidine rings is 1. The Hall–Kier alpha value is -2.92. The van der Waals surface area contributed by atoms with Gasteiger partial charge in [0, 0.05) is 30.4 Å². The van der Waals surface area contributed by atoms with Crippen LogP contribution in [0, 0.1) is 12.8 Å². The SMILES string of the molecule is COc1ccc(NC(=O)C2CCN(S(=O)(=O)c3c(C)[nH]c(=O)[nH]c3=O)CC2)cc1. The fourth-order valence-electron chi connectivity index (χ4n) is 3.31. The van der Waals surface area contributed by atoms with E-state index >= 15 is 0 Å². The van der Waals surface area contributed by atoms with Gasteiger partial charge in [0.2, 0.25) is 15.9 Å². The van der Waals surface area contributed by atoms with Crippen LogP contribution in [0.1, 0.15) is 18.5 Å². The van der Waals surface area contributed by atoms with Crippen molar-refractivity contribution >= 4 is 21.6 Å². The molecule has 1 aliphatic heterocycles. The Bertz CT molecular complexity index is 1110. The first-order chi connectivity index (χ1) is 13.7. The lowest BCUT2D eigenvalue weighted by molar-refractivity contribution is -0.120. The number of methoxy groups -OCH3 is 1. The number of nitrogens with one attached hydrogen (secondary N) is 3. The predicted molar refractivity (Wildman–Crippen MR) is 106 cm³/mol. The Morgan fingerprint density at radius 3 is 2.31 bits per heavy atom. The number of nitrogens with zero attached hydrogens (tertiary/aromatic N) is 1. The number of aryl methyl sites for hydroxylation is 1. The van der Waals surface area contributed by atoms with E-state index in [4.69, 9.17) is 4.74 Å². The van der Waals surface area contributed by atoms with Crippen LogP contribution in [0.5, 0.6) is 5.75 Å². The molecule has 0 radical (unpaired) electrons. The first-order valence-electron chi connectivity index (χ1n) is 9.00. The Morgan fingerprint density at radius 2 is 1.76 bits per heavy atom. The summed E-state index contributed by atoms with van der Waals surface area (Å²) in [6.07, 6.45) is 0.642. The van der Waals surface area contributed by atoms with Crippen LogP contribution in [0.4, 0.5) is 5.69 Å². The van der Waals surface area contributed by atoms with Crippen molar-refractivity contribution in [3.8, 4) is 5.75 Å². The average Bonchev–Trinajstić information content (AvgIpc) is 2.67. The molecule has 0 bridgehead atoms. The number of ether oxygens (including phenoxy) is 1. The summed E-state index contributed by atoms with van der Waals surface area (Å²) in [6, 6.07) is 6.91. The first kappa shape index (κ1) is 20.8. The molecule has 1 saturated heterocycles. The molecule has 10 nitrogen and oxygen atoms in total. The van der Waals surface area contributed by atoms with Gasteiger partial charge in [-0.25, -0.2) is 13.2 Å². The van der Waals surface area contributed by atoms with Gasteiger partial charge in [-0.2, -0.15) is 4.31 Å². The molecule has 0 atom stereocenters. The first-order valence-corrected chi connectivity index (χ1v) is 10.4. The van der Waals surface area contributed by atoms with Crippen LogP contribution in [0.3, 0.4) is 0 Å². The standard InChI is InChI=1S/C18H22N4O6S/c1-11-15(17(24)21-18(25)19-11)29(26,27)22-9-7-12(8-10-22)16(23)20-13-3-5-14(28-2)6-4-13/h3-6,12H,7-10H2,1-2H3,(H,20,23)(H2,19,21,24,25). The largest absolute Gasteiger partial charge is 0.497 e. The highest BCUT2D eigenvalue weighted by atomic mass is 32.2. The molecule has 3 rings (SSSR count). The molecule has 0 spiro atoms. The van der Waals surface area contributed by atoms with E-state index in [0.717, 1.165) is 0 Å².